The molecule has 6 nitrogen and oxygen atoms in total. The molecule has 0 saturated carbocycles. The van der Waals surface area contributed by atoms with E-state index in [0.29, 0.717) is 40.9 Å². The Morgan fingerprint density at radius 2 is 1.73 bits per heavy atom. The van der Waals surface area contributed by atoms with Gasteiger partial charge in [-0.15, -0.1) is 0 Å². The summed E-state index contributed by atoms with van der Waals surface area (Å²) in [5.41, 5.74) is 2.45. The molecule has 0 aliphatic carbocycles. The average Bonchev–Trinajstić information content (AvgIpc) is 2.64. The van der Waals surface area contributed by atoms with Crippen LogP contribution in [0.2, 0.25) is 5.02 Å². The summed E-state index contributed by atoms with van der Waals surface area (Å²) in [4.78, 5) is 12.2. The van der Waals surface area contributed by atoms with E-state index >= 15 is 0 Å². The third-order valence-corrected chi connectivity index (χ3v) is 4.29. The van der Waals surface area contributed by atoms with Gasteiger partial charge in [0.05, 0.1) is 21.3 Å². The van der Waals surface area contributed by atoms with Crippen LogP contribution >= 0.6 is 11.6 Å². The normalized spacial score (nSPS) is 10.2. The minimum Gasteiger partial charge on any atom is -0.493 e. The molecule has 2 rings (SSSR count). The van der Waals surface area contributed by atoms with E-state index in [1.807, 2.05) is 25.1 Å². The van der Waals surface area contributed by atoms with Crippen LogP contribution in [0.15, 0.2) is 30.3 Å². The van der Waals surface area contributed by atoms with Gasteiger partial charge in [0, 0.05) is 41.5 Å². The van der Waals surface area contributed by atoms with Crippen molar-refractivity contribution in [3.8, 4) is 17.2 Å². The molecular weight excluding hydrogens is 356 g/mol. The van der Waals surface area contributed by atoms with Crippen molar-refractivity contribution in [2.75, 3.05) is 38.5 Å². The molecule has 1 amide bonds. The average molecular weight is 379 g/mol. The van der Waals surface area contributed by atoms with Gasteiger partial charge in [0.2, 0.25) is 11.7 Å². The molecule has 0 fully saturated rings. The number of rotatable bonds is 8. The second-order valence-corrected chi connectivity index (χ2v) is 5.96. The van der Waals surface area contributed by atoms with Crippen LogP contribution in [-0.2, 0) is 4.79 Å². The summed E-state index contributed by atoms with van der Waals surface area (Å²) in [6.45, 7) is 2.41. The third kappa shape index (κ3) is 4.73. The SMILES string of the molecule is COc1cc(NC(=O)CCNc2cccc(Cl)c2C)cc(OC)c1OC. The highest BCUT2D eigenvalue weighted by Gasteiger charge is 2.14. The van der Waals surface area contributed by atoms with E-state index in [1.165, 1.54) is 21.3 Å². The van der Waals surface area contributed by atoms with Gasteiger partial charge in [-0.3, -0.25) is 4.79 Å². The molecular formula is C19H23ClN2O4. The highest BCUT2D eigenvalue weighted by Crippen LogP contribution is 2.39. The first-order valence-corrected chi connectivity index (χ1v) is 8.46. The van der Waals surface area contributed by atoms with Gasteiger partial charge in [-0.25, -0.2) is 0 Å². The molecule has 0 atom stereocenters. The van der Waals surface area contributed by atoms with Crippen molar-refractivity contribution in [2.45, 2.75) is 13.3 Å². The van der Waals surface area contributed by atoms with Crippen LogP contribution in [0.1, 0.15) is 12.0 Å². The maximum Gasteiger partial charge on any atom is 0.226 e. The molecule has 0 aromatic heterocycles. The van der Waals surface area contributed by atoms with Crippen LogP contribution in [0.5, 0.6) is 17.2 Å². The Balaban J connectivity index is 1.98. The predicted molar refractivity (Wildman–Crippen MR) is 104 cm³/mol. The Bertz CT molecular complexity index is 755. The number of carbonyl (C=O) groups excluding carboxylic acids is 1. The van der Waals surface area contributed by atoms with Crippen molar-refractivity contribution in [1.82, 2.24) is 0 Å². The standard InChI is InChI=1S/C19H23ClN2O4/c1-12-14(20)6-5-7-15(12)21-9-8-18(23)22-13-10-16(24-2)19(26-4)17(11-13)25-3/h5-7,10-11,21H,8-9H2,1-4H3,(H,22,23). The van der Waals surface area contributed by atoms with Crippen LogP contribution in [-0.4, -0.2) is 33.8 Å². The van der Waals surface area contributed by atoms with Crippen molar-refractivity contribution < 1.29 is 19.0 Å². The van der Waals surface area contributed by atoms with Gasteiger partial charge >= 0.3 is 0 Å². The fraction of sp³-hybridized carbons (Fsp3) is 0.316. The first kappa shape index (κ1) is 19.7. The number of ether oxygens (including phenoxy) is 3. The van der Waals surface area contributed by atoms with E-state index in [0.717, 1.165) is 11.3 Å². The minimum atomic E-state index is -0.133. The lowest BCUT2D eigenvalue weighted by Crippen LogP contribution is -2.16. The fourth-order valence-corrected chi connectivity index (χ4v) is 2.66. The first-order chi connectivity index (χ1) is 12.5. The highest BCUT2D eigenvalue weighted by molar-refractivity contribution is 6.31. The molecule has 2 aromatic rings. The number of methoxy groups -OCH3 is 3. The second kappa shape index (κ2) is 9.20. The van der Waals surface area contributed by atoms with Gasteiger partial charge in [-0.2, -0.15) is 0 Å². The van der Waals surface area contributed by atoms with Gasteiger partial charge < -0.3 is 24.8 Å². The highest BCUT2D eigenvalue weighted by atomic mass is 35.5. The van der Waals surface area contributed by atoms with E-state index in [1.54, 1.807) is 12.1 Å². The van der Waals surface area contributed by atoms with Gasteiger partial charge in [-0.1, -0.05) is 17.7 Å². The monoisotopic (exact) mass is 378 g/mol. The molecule has 2 N–H and O–H groups in total. The summed E-state index contributed by atoms with van der Waals surface area (Å²) in [5, 5.41) is 6.75. The quantitative estimate of drug-likeness (QED) is 0.723. The lowest BCUT2D eigenvalue weighted by Gasteiger charge is -2.15. The van der Waals surface area contributed by atoms with Crippen LogP contribution in [0.3, 0.4) is 0 Å². The molecule has 7 heteroatoms. The lowest BCUT2D eigenvalue weighted by atomic mass is 10.2. The number of hydrogen-bond acceptors (Lipinski definition) is 5. The maximum atomic E-state index is 12.2. The molecule has 0 radical (unpaired) electrons. The second-order valence-electron chi connectivity index (χ2n) is 5.55. The Hall–Kier alpha value is -2.60. The number of hydrogen-bond donors (Lipinski definition) is 2. The predicted octanol–water partition coefficient (Wildman–Crippen LogP) is 4.11. The minimum absolute atomic E-state index is 0.133. The molecule has 0 bridgehead atoms. The van der Waals surface area contributed by atoms with Crippen molar-refractivity contribution in [1.29, 1.82) is 0 Å². The molecule has 2 aromatic carbocycles. The van der Waals surface area contributed by atoms with Crippen LogP contribution < -0.4 is 24.8 Å². The van der Waals surface area contributed by atoms with Crippen LogP contribution in [0.25, 0.3) is 0 Å². The van der Waals surface area contributed by atoms with Crippen LogP contribution in [0.4, 0.5) is 11.4 Å². The smallest absolute Gasteiger partial charge is 0.226 e. The van der Waals surface area contributed by atoms with E-state index in [4.69, 9.17) is 25.8 Å². The largest absolute Gasteiger partial charge is 0.493 e. The van der Waals surface area contributed by atoms with Crippen molar-refractivity contribution in [3.05, 3.63) is 40.9 Å². The molecule has 0 spiro atoms. The van der Waals surface area contributed by atoms with E-state index in [2.05, 4.69) is 10.6 Å². The van der Waals surface area contributed by atoms with E-state index in [9.17, 15) is 4.79 Å². The van der Waals surface area contributed by atoms with Gasteiger partial charge in [0.1, 0.15) is 0 Å². The Morgan fingerprint density at radius 3 is 2.31 bits per heavy atom. The number of anilines is 2. The van der Waals surface area contributed by atoms with Crippen LogP contribution in [0, 0.1) is 6.92 Å². The lowest BCUT2D eigenvalue weighted by molar-refractivity contribution is -0.115. The molecule has 0 aliphatic rings. The van der Waals surface area contributed by atoms with Crippen molar-refractivity contribution in [3.63, 3.8) is 0 Å². The Kier molecular flexibility index (Phi) is 6.97. The van der Waals surface area contributed by atoms with Crippen molar-refractivity contribution >= 4 is 28.9 Å². The summed E-state index contributed by atoms with van der Waals surface area (Å²) in [5.74, 6) is 1.31. The summed E-state index contributed by atoms with van der Waals surface area (Å²) in [6.07, 6.45) is 0.294. The Labute approximate surface area is 158 Å². The number of nitrogens with one attached hydrogen (secondary N) is 2. The van der Waals surface area contributed by atoms with Gasteiger partial charge in [0.15, 0.2) is 11.5 Å². The number of halogens is 1. The molecule has 0 saturated heterocycles. The molecule has 0 unspecified atom stereocenters. The zero-order valence-corrected chi connectivity index (χ0v) is 16.1. The number of amides is 1. The summed E-state index contributed by atoms with van der Waals surface area (Å²) >= 11 is 6.09. The molecule has 140 valence electrons. The third-order valence-electron chi connectivity index (χ3n) is 3.88. The zero-order chi connectivity index (χ0) is 19.1. The summed E-state index contributed by atoms with van der Waals surface area (Å²) in [7, 11) is 4.59. The molecule has 26 heavy (non-hydrogen) atoms. The zero-order valence-electron chi connectivity index (χ0n) is 15.3. The molecule has 0 aliphatic heterocycles. The fourth-order valence-electron chi connectivity index (χ4n) is 2.49. The summed E-state index contributed by atoms with van der Waals surface area (Å²) < 4.78 is 15.8. The number of benzene rings is 2. The van der Waals surface area contributed by atoms with Crippen molar-refractivity contribution in [2.24, 2.45) is 0 Å². The molecule has 0 heterocycles. The summed E-state index contributed by atoms with van der Waals surface area (Å²) in [6, 6.07) is 9.01. The topological polar surface area (TPSA) is 68.8 Å². The Morgan fingerprint density at radius 1 is 1.08 bits per heavy atom. The number of carbonyl (C=O) groups is 1. The van der Waals surface area contributed by atoms with E-state index < -0.39 is 0 Å². The van der Waals surface area contributed by atoms with Gasteiger partial charge in [-0.05, 0) is 24.6 Å². The maximum absolute atomic E-state index is 12.2. The first-order valence-electron chi connectivity index (χ1n) is 8.09. The van der Waals surface area contributed by atoms with Gasteiger partial charge in [0.25, 0.3) is 0 Å². The van der Waals surface area contributed by atoms with E-state index in [-0.39, 0.29) is 5.91 Å².